The standard InChI is InChI=1S/C14H19.2CH2O2.ClH.Ti/c1-10-11-6-2-4-8-13(11)14-9-5-3-7-12(10)14;2*2-1-3;;/h6,10H,2-5,7-9H2,1H3;2*1H,(H,2,3);1H;/q;;;;+3/p-3. The fourth-order valence-electron chi connectivity index (χ4n) is 4.35. The number of fused-ring (bicyclic) bond motifs is 1. The number of halogens is 1. The second-order valence-corrected chi connectivity index (χ2v) is 8.88. The van der Waals surface area contributed by atoms with Crippen LogP contribution >= 0.6 is 0 Å². The maximum atomic E-state index is 10.8. The number of hydrogen-bond acceptors (Lipinski definition) is 4. The third kappa shape index (κ3) is 3.06. The van der Waals surface area contributed by atoms with E-state index < -0.39 is 18.6 Å². The first kappa shape index (κ1) is 17.8. The van der Waals surface area contributed by atoms with Crippen molar-refractivity contribution in [3.63, 3.8) is 0 Å². The van der Waals surface area contributed by atoms with Crippen LogP contribution in [0.3, 0.4) is 0 Å². The first-order chi connectivity index (χ1) is 10.3. The summed E-state index contributed by atoms with van der Waals surface area (Å²) in [6.07, 6.45) is 8.20. The topological polar surface area (TPSA) is 52.6 Å². The van der Waals surface area contributed by atoms with Crippen LogP contribution in [0.15, 0.2) is 22.3 Å². The number of carbonyl (C=O) groups excluding carboxylic acids is 2. The van der Waals surface area contributed by atoms with Gasteiger partial charge in [-0.2, -0.15) is 0 Å². The van der Waals surface area contributed by atoms with E-state index in [0.29, 0.717) is 18.9 Å². The Morgan fingerprint density at radius 1 is 1.00 bits per heavy atom. The largest absolute Gasteiger partial charge is 1.00 e. The van der Waals surface area contributed by atoms with Crippen LogP contribution in [0.25, 0.3) is 0 Å². The number of carbonyl (C=O) groups is 2. The van der Waals surface area contributed by atoms with E-state index in [0.717, 1.165) is 19.3 Å². The molecule has 0 aliphatic heterocycles. The van der Waals surface area contributed by atoms with Gasteiger partial charge in [0.05, 0.1) is 0 Å². The molecular weight excluding hydrogens is 339 g/mol. The summed E-state index contributed by atoms with van der Waals surface area (Å²) in [6, 6.07) is 0. The Labute approximate surface area is 144 Å². The zero-order valence-electron chi connectivity index (χ0n) is 12.8. The summed E-state index contributed by atoms with van der Waals surface area (Å²) in [4.78, 5) is 21.5. The molecule has 6 heteroatoms. The van der Waals surface area contributed by atoms with Crippen molar-refractivity contribution in [2.75, 3.05) is 0 Å². The van der Waals surface area contributed by atoms with Crippen LogP contribution in [0.1, 0.15) is 51.9 Å². The Bertz CT molecular complexity index is 504. The third-order valence-electron chi connectivity index (χ3n) is 5.12. The molecule has 0 aromatic carbocycles. The van der Waals surface area contributed by atoms with Gasteiger partial charge in [0.25, 0.3) is 0 Å². The fraction of sp³-hybridized carbons (Fsp3) is 0.625. The molecule has 0 aromatic rings. The van der Waals surface area contributed by atoms with E-state index in [1.807, 2.05) is 0 Å². The summed E-state index contributed by atoms with van der Waals surface area (Å²) in [5.41, 5.74) is 6.14. The Morgan fingerprint density at radius 3 is 2.32 bits per heavy atom. The molecular formula is C16H21ClO4Ti. The van der Waals surface area contributed by atoms with E-state index in [1.54, 1.807) is 11.1 Å². The quantitative estimate of drug-likeness (QED) is 0.531. The second kappa shape index (κ2) is 7.80. The molecule has 3 rings (SSSR count). The summed E-state index contributed by atoms with van der Waals surface area (Å²) >= 11 is -2.61. The molecule has 0 amide bonds. The van der Waals surface area contributed by atoms with Crippen LogP contribution in [0.5, 0.6) is 0 Å². The molecule has 4 nitrogen and oxygen atoms in total. The third-order valence-corrected chi connectivity index (χ3v) is 7.97. The Morgan fingerprint density at radius 2 is 1.64 bits per heavy atom. The molecule has 0 bridgehead atoms. The van der Waals surface area contributed by atoms with Gasteiger partial charge in [-0.15, -0.1) is 0 Å². The van der Waals surface area contributed by atoms with Gasteiger partial charge in [-0.3, -0.25) is 0 Å². The van der Waals surface area contributed by atoms with Crippen LogP contribution in [-0.4, -0.2) is 12.9 Å². The Kier molecular flexibility index (Phi) is 6.30. The summed E-state index contributed by atoms with van der Waals surface area (Å²) in [7, 11) is 0. The van der Waals surface area contributed by atoms with Crippen LogP contribution in [0.2, 0.25) is 4.22 Å². The molecule has 2 atom stereocenters. The van der Waals surface area contributed by atoms with Crippen molar-refractivity contribution in [3.8, 4) is 0 Å². The van der Waals surface area contributed by atoms with E-state index in [-0.39, 0.29) is 16.6 Å². The molecule has 22 heavy (non-hydrogen) atoms. The summed E-state index contributed by atoms with van der Waals surface area (Å²) < 4.78 is 10.6. The average molecular weight is 361 g/mol. The van der Waals surface area contributed by atoms with Gasteiger partial charge < -0.3 is 12.4 Å². The smallest absolute Gasteiger partial charge is 1.00 e. The first-order valence-electron chi connectivity index (χ1n) is 7.80. The molecule has 0 fully saturated rings. The zero-order valence-corrected chi connectivity index (χ0v) is 15.1. The number of hydrogen-bond donors (Lipinski definition) is 0. The minimum atomic E-state index is -2.61. The fourth-order valence-corrected chi connectivity index (χ4v) is 6.99. The second-order valence-electron chi connectivity index (χ2n) is 6.06. The van der Waals surface area contributed by atoms with E-state index in [9.17, 15) is 9.59 Å². The molecule has 120 valence electrons. The number of rotatable bonds is 5. The van der Waals surface area contributed by atoms with Crippen molar-refractivity contribution >= 4 is 12.9 Å². The van der Waals surface area contributed by atoms with Crippen molar-refractivity contribution in [2.45, 2.75) is 56.1 Å². The summed E-state index contributed by atoms with van der Waals surface area (Å²) in [5, 5.41) is 0. The molecule has 0 N–H and O–H groups in total. The number of allylic oxidation sites excluding steroid dienone is 4. The molecule has 0 radical (unpaired) electrons. The summed E-state index contributed by atoms with van der Waals surface area (Å²) in [6.45, 7) is 3.19. The molecule has 0 saturated carbocycles. The molecule has 0 heterocycles. The Balaban J connectivity index is 0.00000176. The van der Waals surface area contributed by atoms with Gasteiger partial charge in [0.1, 0.15) is 0 Å². The van der Waals surface area contributed by atoms with Crippen LogP contribution in [0.4, 0.5) is 0 Å². The van der Waals surface area contributed by atoms with E-state index in [4.69, 9.17) is 6.64 Å². The monoisotopic (exact) mass is 360 g/mol. The molecule has 0 saturated heterocycles. The van der Waals surface area contributed by atoms with Crippen molar-refractivity contribution in [1.82, 2.24) is 0 Å². The van der Waals surface area contributed by atoms with Crippen LogP contribution < -0.4 is 12.4 Å². The van der Waals surface area contributed by atoms with Gasteiger partial charge in [-0.05, 0) is 0 Å². The van der Waals surface area contributed by atoms with Crippen molar-refractivity contribution in [1.29, 1.82) is 0 Å². The zero-order chi connectivity index (χ0) is 14.8. The molecule has 3 aliphatic rings. The Hall–Kier alpha value is -0.576. The molecule has 0 spiro atoms. The van der Waals surface area contributed by atoms with E-state index in [2.05, 4.69) is 6.92 Å². The van der Waals surface area contributed by atoms with Gasteiger partial charge in [-0.1, -0.05) is 0 Å². The van der Waals surface area contributed by atoms with E-state index in [1.165, 1.54) is 36.8 Å². The van der Waals surface area contributed by atoms with Crippen molar-refractivity contribution in [3.05, 3.63) is 22.3 Å². The van der Waals surface area contributed by atoms with Gasteiger partial charge in [-0.25, -0.2) is 0 Å². The average Bonchev–Trinajstić information content (AvgIpc) is 2.81. The van der Waals surface area contributed by atoms with E-state index >= 15 is 0 Å². The maximum absolute atomic E-state index is 10.8. The van der Waals surface area contributed by atoms with Crippen molar-refractivity contribution < 1.29 is 47.3 Å². The SMILES string of the molecule is CC1C2=C(CCCC2)C2=C1[CH]([Ti+]([O]C=O)[O]C=O)CCC2.[Cl-]. The molecule has 0 aromatic heterocycles. The van der Waals surface area contributed by atoms with Gasteiger partial charge in [0.15, 0.2) is 0 Å². The molecule has 2 unspecified atom stereocenters. The van der Waals surface area contributed by atoms with Gasteiger partial charge >= 0.3 is 132 Å². The first-order valence-corrected chi connectivity index (χ1v) is 9.98. The predicted octanol–water partition coefficient (Wildman–Crippen LogP) is 0.574. The maximum Gasteiger partial charge on any atom is -1.00 e. The van der Waals surface area contributed by atoms with Gasteiger partial charge in [0.2, 0.25) is 0 Å². The summed E-state index contributed by atoms with van der Waals surface area (Å²) in [5.74, 6) is 0.452. The minimum absolute atomic E-state index is 0. The van der Waals surface area contributed by atoms with Crippen molar-refractivity contribution in [2.24, 2.45) is 5.92 Å². The normalized spacial score (nSPS) is 26.6. The van der Waals surface area contributed by atoms with Gasteiger partial charge in [0, 0.05) is 0 Å². The van der Waals surface area contributed by atoms with Crippen LogP contribution in [0, 0.1) is 5.92 Å². The minimum Gasteiger partial charge on any atom is -1.00 e. The van der Waals surface area contributed by atoms with Crippen LogP contribution in [-0.2, 0) is 34.9 Å². The predicted molar refractivity (Wildman–Crippen MR) is 73.6 cm³/mol. The molecule has 3 aliphatic carbocycles.